The average molecular weight is 265 g/mol. The lowest BCUT2D eigenvalue weighted by molar-refractivity contribution is -0.121. The smallest absolute Gasteiger partial charge is 0.220 e. The summed E-state index contributed by atoms with van der Waals surface area (Å²) in [7, 11) is 2.01. The molecule has 0 aromatic carbocycles. The number of aryl methyl sites for hydroxylation is 2. The summed E-state index contributed by atoms with van der Waals surface area (Å²) in [5.74, 6) is 0.134. The minimum absolute atomic E-state index is 0.134. The molecule has 0 radical (unpaired) electrons. The van der Waals surface area contributed by atoms with E-state index >= 15 is 0 Å². The van der Waals surface area contributed by atoms with Crippen LogP contribution in [0.5, 0.6) is 0 Å². The van der Waals surface area contributed by atoms with Crippen LogP contribution in [0.4, 0.5) is 0 Å². The Morgan fingerprint density at radius 3 is 2.89 bits per heavy atom. The number of nitrogens with one attached hydrogen (secondary N) is 1. The largest absolute Gasteiger partial charge is 0.379 e. The molecule has 0 spiro atoms. The summed E-state index contributed by atoms with van der Waals surface area (Å²) in [5.41, 5.74) is 1.20. The fourth-order valence-corrected chi connectivity index (χ4v) is 2.26. The first kappa shape index (κ1) is 14.1. The number of carbonyl (C=O) groups is 1. The zero-order valence-corrected chi connectivity index (χ0v) is 11.6. The number of amides is 1. The molecule has 1 aliphatic heterocycles. The molecule has 1 amide bonds. The summed E-state index contributed by atoms with van der Waals surface area (Å²) in [4.78, 5) is 14.0. The van der Waals surface area contributed by atoms with Gasteiger partial charge in [0.05, 0.1) is 13.2 Å². The van der Waals surface area contributed by atoms with Gasteiger partial charge in [0.2, 0.25) is 5.91 Å². The van der Waals surface area contributed by atoms with E-state index in [1.165, 1.54) is 5.69 Å². The molecule has 1 aromatic rings. The van der Waals surface area contributed by atoms with Crippen molar-refractivity contribution < 1.29 is 9.53 Å². The molecular weight excluding hydrogens is 242 g/mol. The summed E-state index contributed by atoms with van der Waals surface area (Å²) in [6, 6.07) is 4.06. The van der Waals surface area contributed by atoms with Crippen molar-refractivity contribution in [2.24, 2.45) is 7.05 Å². The molecule has 0 aliphatic carbocycles. The van der Waals surface area contributed by atoms with Crippen LogP contribution in [0.1, 0.15) is 12.1 Å². The van der Waals surface area contributed by atoms with Gasteiger partial charge in [0, 0.05) is 51.5 Å². The van der Waals surface area contributed by atoms with E-state index in [0.717, 1.165) is 45.8 Å². The number of carbonyl (C=O) groups excluding carboxylic acids is 1. The van der Waals surface area contributed by atoms with Crippen molar-refractivity contribution in [2.75, 3.05) is 39.4 Å². The maximum absolute atomic E-state index is 11.7. The van der Waals surface area contributed by atoms with Crippen LogP contribution in [0.2, 0.25) is 0 Å². The minimum atomic E-state index is 0.134. The van der Waals surface area contributed by atoms with Crippen molar-refractivity contribution in [3.05, 3.63) is 24.0 Å². The van der Waals surface area contributed by atoms with Gasteiger partial charge in [0.25, 0.3) is 0 Å². The van der Waals surface area contributed by atoms with E-state index in [0.29, 0.717) is 6.42 Å². The van der Waals surface area contributed by atoms with Crippen molar-refractivity contribution in [3.8, 4) is 0 Å². The predicted octanol–water partition coefficient (Wildman–Crippen LogP) is 0.406. The number of nitrogens with zero attached hydrogens (tertiary/aromatic N) is 2. The van der Waals surface area contributed by atoms with Crippen LogP contribution in [0, 0.1) is 0 Å². The summed E-state index contributed by atoms with van der Waals surface area (Å²) < 4.78 is 7.34. The fourth-order valence-electron chi connectivity index (χ4n) is 2.26. The van der Waals surface area contributed by atoms with Crippen LogP contribution in [-0.2, 0) is 23.0 Å². The average Bonchev–Trinajstić information content (AvgIpc) is 2.83. The predicted molar refractivity (Wildman–Crippen MR) is 74.0 cm³/mol. The van der Waals surface area contributed by atoms with E-state index in [4.69, 9.17) is 4.74 Å². The third-order valence-corrected chi connectivity index (χ3v) is 3.51. The maximum Gasteiger partial charge on any atom is 0.220 e. The third-order valence-electron chi connectivity index (χ3n) is 3.51. The Hall–Kier alpha value is -1.33. The molecule has 106 valence electrons. The number of hydrogen-bond donors (Lipinski definition) is 1. The van der Waals surface area contributed by atoms with Gasteiger partial charge in [-0.15, -0.1) is 0 Å². The van der Waals surface area contributed by atoms with Crippen LogP contribution < -0.4 is 5.32 Å². The Morgan fingerprint density at radius 2 is 2.21 bits per heavy atom. The molecule has 1 N–H and O–H groups in total. The molecule has 2 rings (SSSR count). The van der Waals surface area contributed by atoms with Crippen molar-refractivity contribution in [3.63, 3.8) is 0 Å². The van der Waals surface area contributed by atoms with Gasteiger partial charge in [-0.2, -0.15) is 0 Å². The Balaban J connectivity index is 1.58. The Kier molecular flexibility index (Phi) is 5.42. The summed E-state index contributed by atoms with van der Waals surface area (Å²) in [6.45, 7) is 5.20. The highest BCUT2D eigenvalue weighted by Gasteiger charge is 2.10. The Bertz CT molecular complexity index is 397. The fraction of sp³-hybridized carbons (Fsp3) is 0.643. The van der Waals surface area contributed by atoms with Crippen LogP contribution in [0.3, 0.4) is 0 Å². The highest BCUT2D eigenvalue weighted by Crippen LogP contribution is 2.03. The highest BCUT2D eigenvalue weighted by atomic mass is 16.5. The number of morpholine rings is 1. The Morgan fingerprint density at radius 1 is 1.42 bits per heavy atom. The molecular formula is C14H23N3O2. The SMILES string of the molecule is Cn1cccc1CCC(=O)NCCN1CCOCC1. The van der Waals surface area contributed by atoms with Crippen molar-refractivity contribution in [1.29, 1.82) is 0 Å². The second-order valence-electron chi connectivity index (χ2n) is 4.91. The zero-order valence-electron chi connectivity index (χ0n) is 11.6. The maximum atomic E-state index is 11.7. The van der Waals surface area contributed by atoms with Gasteiger partial charge >= 0.3 is 0 Å². The first-order valence-electron chi connectivity index (χ1n) is 6.93. The van der Waals surface area contributed by atoms with E-state index in [1.807, 2.05) is 19.3 Å². The van der Waals surface area contributed by atoms with Gasteiger partial charge in [0.1, 0.15) is 0 Å². The molecule has 5 heteroatoms. The first-order valence-corrected chi connectivity index (χ1v) is 6.93. The number of aromatic nitrogens is 1. The first-order chi connectivity index (χ1) is 9.25. The lowest BCUT2D eigenvalue weighted by Gasteiger charge is -2.26. The van der Waals surface area contributed by atoms with Crippen LogP contribution in [0.15, 0.2) is 18.3 Å². The molecule has 2 heterocycles. The second-order valence-corrected chi connectivity index (χ2v) is 4.91. The molecule has 1 aliphatic rings. The Labute approximate surface area is 114 Å². The zero-order chi connectivity index (χ0) is 13.5. The molecule has 0 saturated carbocycles. The van der Waals surface area contributed by atoms with E-state index in [1.54, 1.807) is 0 Å². The normalized spacial score (nSPS) is 16.5. The number of hydrogen-bond acceptors (Lipinski definition) is 3. The molecule has 1 aromatic heterocycles. The van der Waals surface area contributed by atoms with Gasteiger partial charge in [-0.25, -0.2) is 0 Å². The molecule has 1 fully saturated rings. The van der Waals surface area contributed by atoms with Gasteiger partial charge in [0.15, 0.2) is 0 Å². The van der Waals surface area contributed by atoms with Crippen molar-refractivity contribution in [2.45, 2.75) is 12.8 Å². The summed E-state index contributed by atoms with van der Waals surface area (Å²) in [5, 5.41) is 2.98. The van der Waals surface area contributed by atoms with Crippen molar-refractivity contribution >= 4 is 5.91 Å². The highest BCUT2D eigenvalue weighted by molar-refractivity contribution is 5.76. The van der Waals surface area contributed by atoms with Crippen LogP contribution in [-0.4, -0.2) is 54.8 Å². The minimum Gasteiger partial charge on any atom is -0.379 e. The molecule has 1 saturated heterocycles. The topological polar surface area (TPSA) is 46.5 Å². The molecule has 19 heavy (non-hydrogen) atoms. The van der Waals surface area contributed by atoms with Gasteiger partial charge < -0.3 is 14.6 Å². The quantitative estimate of drug-likeness (QED) is 0.810. The van der Waals surface area contributed by atoms with Gasteiger partial charge in [-0.1, -0.05) is 0 Å². The van der Waals surface area contributed by atoms with Gasteiger partial charge in [-0.05, 0) is 18.6 Å². The van der Waals surface area contributed by atoms with E-state index < -0.39 is 0 Å². The van der Waals surface area contributed by atoms with Crippen LogP contribution in [0.25, 0.3) is 0 Å². The number of ether oxygens (including phenoxy) is 1. The monoisotopic (exact) mass is 265 g/mol. The number of rotatable bonds is 6. The molecule has 0 atom stereocenters. The standard InChI is InChI=1S/C14H23N3O2/c1-16-7-2-3-13(16)4-5-14(18)15-6-8-17-9-11-19-12-10-17/h2-3,7H,4-6,8-12H2,1H3,(H,15,18). The summed E-state index contributed by atoms with van der Waals surface area (Å²) in [6.07, 6.45) is 3.36. The van der Waals surface area contributed by atoms with Gasteiger partial charge in [-0.3, -0.25) is 9.69 Å². The third kappa shape index (κ3) is 4.69. The lowest BCUT2D eigenvalue weighted by Crippen LogP contribution is -2.41. The van der Waals surface area contributed by atoms with Crippen molar-refractivity contribution in [1.82, 2.24) is 14.8 Å². The lowest BCUT2D eigenvalue weighted by atomic mass is 10.2. The second kappa shape index (κ2) is 7.31. The molecule has 0 unspecified atom stereocenters. The van der Waals surface area contributed by atoms with Crippen LogP contribution >= 0.6 is 0 Å². The molecule has 0 bridgehead atoms. The molecule has 5 nitrogen and oxygen atoms in total. The van der Waals surface area contributed by atoms with E-state index in [9.17, 15) is 4.79 Å². The van der Waals surface area contributed by atoms with E-state index in [-0.39, 0.29) is 5.91 Å². The van der Waals surface area contributed by atoms with E-state index in [2.05, 4.69) is 20.9 Å². The summed E-state index contributed by atoms with van der Waals surface area (Å²) >= 11 is 0.